The fourth-order valence-corrected chi connectivity index (χ4v) is 0.690. The predicted molar refractivity (Wildman–Crippen MR) is 35.8 cm³/mol. The molecule has 0 aliphatic carbocycles. The molecule has 0 unspecified atom stereocenters. The molecule has 54 valence electrons. The number of rotatable bonds is 2. The Kier molecular flexibility index (Phi) is 2.23. The molecule has 0 aliphatic rings. The van der Waals surface area contributed by atoms with E-state index in [0.717, 1.165) is 0 Å². The second-order valence-electron chi connectivity index (χ2n) is 1.92. The van der Waals surface area contributed by atoms with E-state index in [9.17, 15) is 4.79 Å². The summed E-state index contributed by atoms with van der Waals surface area (Å²) in [7, 11) is 0. The van der Waals surface area contributed by atoms with Crippen molar-refractivity contribution in [3.63, 3.8) is 0 Å². The van der Waals surface area contributed by atoms with E-state index in [1.165, 1.54) is 18.6 Å². The Morgan fingerprint density at radius 2 is 2.40 bits per heavy atom. The quantitative estimate of drug-likeness (QED) is 0.637. The summed E-state index contributed by atoms with van der Waals surface area (Å²) in [5.74, 6) is 0. The number of aliphatic hydroxyl groups is 1. The summed E-state index contributed by atoms with van der Waals surface area (Å²) in [5.41, 5.74) is 0.435. The predicted octanol–water partition coefficient (Wildman–Crippen LogP) is 0.175. The van der Waals surface area contributed by atoms with E-state index >= 15 is 0 Å². The highest BCUT2D eigenvalue weighted by Crippen LogP contribution is 1.90. The van der Waals surface area contributed by atoms with Crippen LogP contribution in [0.3, 0.4) is 0 Å². The van der Waals surface area contributed by atoms with Gasteiger partial charge in [0.05, 0.1) is 12.5 Å². The maximum absolute atomic E-state index is 10.8. The zero-order chi connectivity index (χ0) is 7.40. The van der Waals surface area contributed by atoms with Crippen LogP contribution in [0.4, 0.5) is 0 Å². The Morgan fingerprint density at radius 3 is 3.00 bits per heavy atom. The smallest absolute Gasteiger partial charge is 0.188 e. The third-order valence-corrected chi connectivity index (χ3v) is 1.21. The van der Waals surface area contributed by atoms with Gasteiger partial charge in [-0.2, -0.15) is 0 Å². The third-order valence-electron chi connectivity index (χ3n) is 1.21. The summed E-state index contributed by atoms with van der Waals surface area (Å²) in [6.45, 7) is -0.0191. The summed E-state index contributed by atoms with van der Waals surface area (Å²) in [5, 5.41) is 8.46. The minimum Gasteiger partial charge on any atom is -0.472 e. The summed E-state index contributed by atoms with van der Waals surface area (Å²) in [4.78, 5) is 10.8. The molecule has 0 saturated heterocycles. The largest absolute Gasteiger partial charge is 0.472 e. The zero-order valence-corrected chi connectivity index (χ0v) is 5.41. The first kappa shape index (κ1) is 7.02. The van der Waals surface area contributed by atoms with Gasteiger partial charge in [-0.15, -0.1) is 0 Å². The van der Waals surface area contributed by atoms with Gasteiger partial charge in [0.2, 0.25) is 0 Å². The maximum atomic E-state index is 10.8. The van der Waals surface area contributed by atoms with E-state index in [1.807, 2.05) is 0 Å². The van der Waals surface area contributed by atoms with Crippen molar-refractivity contribution >= 4 is 0 Å². The van der Waals surface area contributed by atoms with Crippen LogP contribution in [-0.2, 0) is 6.42 Å². The molecular formula is C7H8O3. The Hall–Kier alpha value is -1.09. The van der Waals surface area contributed by atoms with Crippen LogP contribution in [0.15, 0.2) is 27.8 Å². The minimum absolute atomic E-state index is 0.0191. The summed E-state index contributed by atoms with van der Waals surface area (Å²) in [6.07, 6.45) is 3.05. The number of hydrogen-bond acceptors (Lipinski definition) is 3. The first-order chi connectivity index (χ1) is 4.84. The monoisotopic (exact) mass is 140 g/mol. The molecule has 0 bridgehead atoms. The van der Waals surface area contributed by atoms with Gasteiger partial charge in [0.15, 0.2) is 5.43 Å². The fraction of sp³-hybridized carbons (Fsp3) is 0.286. The summed E-state index contributed by atoms with van der Waals surface area (Å²) >= 11 is 0. The Labute approximate surface area is 57.9 Å². The highest BCUT2D eigenvalue weighted by molar-refractivity contribution is 5.06. The SMILES string of the molecule is O=c1ccocc1CCO. The Bertz CT molecular complexity index is 251. The van der Waals surface area contributed by atoms with Crippen LogP contribution in [0.2, 0.25) is 0 Å². The number of hydrogen-bond donors (Lipinski definition) is 1. The molecular weight excluding hydrogens is 132 g/mol. The van der Waals surface area contributed by atoms with E-state index in [0.29, 0.717) is 12.0 Å². The molecule has 0 aromatic carbocycles. The molecule has 0 amide bonds. The van der Waals surface area contributed by atoms with E-state index in [-0.39, 0.29) is 12.0 Å². The summed E-state index contributed by atoms with van der Waals surface area (Å²) in [6, 6.07) is 1.34. The normalized spacial score (nSPS) is 9.70. The van der Waals surface area contributed by atoms with Crippen LogP contribution >= 0.6 is 0 Å². The zero-order valence-electron chi connectivity index (χ0n) is 5.41. The topological polar surface area (TPSA) is 50.4 Å². The van der Waals surface area contributed by atoms with E-state index < -0.39 is 0 Å². The van der Waals surface area contributed by atoms with Crippen molar-refractivity contribution in [1.82, 2.24) is 0 Å². The van der Waals surface area contributed by atoms with Crippen molar-refractivity contribution in [3.8, 4) is 0 Å². The van der Waals surface area contributed by atoms with Crippen LogP contribution in [0.1, 0.15) is 5.56 Å². The molecule has 3 heteroatoms. The van der Waals surface area contributed by atoms with Gasteiger partial charge in [-0.3, -0.25) is 4.79 Å². The lowest BCUT2D eigenvalue weighted by atomic mass is 10.2. The average molecular weight is 140 g/mol. The summed E-state index contributed by atoms with van der Waals surface area (Å²) < 4.78 is 4.73. The van der Waals surface area contributed by atoms with E-state index in [2.05, 4.69) is 0 Å². The van der Waals surface area contributed by atoms with Gasteiger partial charge in [0.1, 0.15) is 0 Å². The van der Waals surface area contributed by atoms with Gasteiger partial charge in [-0.25, -0.2) is 0 Å². The highest BCUT2D eigenvalue weighted by Gasteiger charge is 1.95. The maximum Gasteiger partial charge on any atom is 0.188 e. The van der Waals surface area contributed by atoms with Crippen molar-refractivity contribution in [2.45, 2.75) is 6.42 Å². The van der Waals surface area contributed by atoms with E-state index in [1.54, 1.807) is 0 Å². The van der Waals surface area contributed by atoms with Crippen molar-refractivity contribution in [1.29, 1.82) is 0 Å². The van der Waals surface area contributed by atoms with Crippen LogP contribution in [0, 0.1) is 0 Å². The second kappa shape index (κ2) is 3.17. The van der Waals surface area contributed by atoms with Crippen LogP contribution in [0.25, 0.3) is 0 Å². The van der Waals surface area contributed by atoms with Crippen LogP contribution in [-0.4, -0.2) is 11.7 Å². The van der Waals surface area contributed by atoms with Crippen molar-refractivity contribution in [2.24, 2.45) is 0 Å². The lowest BCUT2D eigenvalue weighted by Gasteiger charge is -1.91. The molecule has 1 aromatic heterocycles. The first-order valence-corrected chi connectivity index (χ1v) is 3.01. The molecule has 0 radical (unpaired) electrons. The molecule has 0 saturated carbocycles. The van der Waals surface area contributed by atoms with Gasteiger partial charge >= 0.3 is 0 Å². The molecule has 0 atom stereocenters. The third kappa shape index (κ3) is 1.45. The van der Waals surface area contributed by atoms with Crippen molar-refractivity contribution in [2.75, 3.05) is 6.61 Å². The van der Waals surface area contributed by atoms with E-state index in [4.69, 9.17) is 9.52 Å². The molecule has 1 N–H and O–H groups in total. The first-order valence-electron chi connectivity index (χ1n) is 3.01. The Morgan fingerprint density at radius 1 is 1.60 bits per heavy atom. The molecule has 0 spiro atoms. The molecule has 1 rings (SSSR count). The molecule has 10 heavy (non-hydrogen) atoms. The molecule has 0 aliphatic heterocycles. The van der Waals surface area contributed by atoms with Gasteiger partial charge < -0.3 is 9.52 Å². The molecule has 1 aromatic rings. The molecule has 1 heterocycles. The van der Waals surface area contributed by atoms with Crippen molar-refractivity contribution < 1.29 is 9.52 Å². The molecule has 0 fully saturated rings. The number of aliphatic hydroxyl groups excluding tert-OH is 1. The highest BCUT2D eigenvalue weighted by atomic mass is 16.3. The van der Waals surface area contributed by atoms with Crippen molar-refractivity contribution in [3.05, 3.63) is 34.4 Å². The fourth-order valence-electron chi connectivity index (χ4n) is 0.690. The van der Waals surface area contributed by atoms with Gasteiger partial charge in [0, 0.05) is 24.7 Å². The van der Waals surface area contributed by atoms with Crippen LogP contribution in [0.5, 0.6) is 0 Å². The van der Waals surface area contributed by atoms with Gasteiger partial charge in [-0.1, -0.05) is 0 Å². The standard InChI is InChI=1S/C7H8O3/c8-3-1-6-5-10-4-2-7(6)9/h2,4-5,8H,1,3H2. The second-order valence-corrected chi connectivity index (χ2v) is 1.92. The van der Waals surface area contributed by atoms with Gasteiger partial charge in [-0.05, 0) is 0 Å². The molecule has 3 nitrogen and oxygen atoms in total. The van der Waals surface area contributed by atoms with Crippen LogP contribution < -0.4 is 5.43 Å². The Balaban J connectivity index is 2.92. The van der Waals surface area contributed by atoms with Gasteiger partial charge in [0.25, 0.3) is 0 Å². The minimum atomic E-state index is -0.0831. The lowest BCUT2D eigenvalue weighted by Crippen LogP contribution is -2.07. The average Bonchev–Trinajstić information content (AvgIpc) is 1.94. The lowest BCUT2D eigenvalue weighted by molar-refractivity contribution is 0.298.